The molecule has 0 aliphatic rings. The Bertz CT molecular complexity index is 697. The molecule has 0 atom stereocenters. The first kappa shape index (κ1) is 15.3. The van der Waals surface area contributed by atoms with E-state index >= 15 is 0 Å². The molecule has 110 valence electrons. The number of benzene rings is 1. The van der Waals surface area contributed by atoms with Crippen LogP contribution in [0.1, 0.15) is 11.3 Å². The van der Waals surface area contributed by atoms with Gasteiger partial charge >= 0.3 is 5.97 Å². The predicted molar refractivity (Wildman–Crippen MR) is 80.2 cm³/mol. The van der Waals surface area contributed by atoms with E-state index in [9.17, 15) is 4.79 Å². The zero-order valence-electron chi connectivity index (χ0n) is 11.1. The Labute approximate surface area is 131 Å². The van der Waals surface area contributed by atoms with Crippen molar-refractivity contribution in [2.45, 2.75) is 13.5 Å². The quantitative estimate of drug-likeness (QED) is 0.404. The Kier molecular flexibility index (Phi) is 4.82. The van der Waals surface area contributed by atoms with Gasteiger partial charge in [-0.2, -0.15) is 5.10 Å². The third-order valence-electron chi connectivity index (χ3n) is 2.66. The highest BCUT2D eigenvalue weighted by atomic mass is 35.5. The van der Waals surface area contributed by atoms with E-state index in [-0.39, 0.29) is 12.4 Å². The van der Waals surface area contributed by atoms with Crippen molar-refractivity contribution in [2.24, 2.45) is 10.9 Å². The second-order valence-electron chi connectivity index (χ2n) is 4.19. The first-order valence-corrected chi connectivity index (χ1v) is 6.70. The van der Waals surface area contributed by atoms with Gasteiger partial charge in [-0.1, -0.05) is 28.4 Å². The third kappa shape index (κ3) is 3.96. The highest BCUT2D eigenvalue weighted by molar-refractivity contribution is 6.36. The molecule has 2 rings (SSSR count). The Morgan fingerprint density at radius 2 is 2.19 bits per heavy atom. The number of rotatable bonds is 4. The molecule has 0 bridgehead atoms. The molecule has 2 N–H and O–H groups in total. The van der Waals surface area contributed by atoms with E-state index in [1.165, 1.54) is 10.7 Å². The zero-order chi connectivity index (χ0) is 15.4. The van der Waals surface area contributed by atoms with Gasteiger partial charge in [-0.3, -0.25) is 4.68 Å². The van der Waals surface area contributed by atoms with E-state index in [1.807, 2.05) is 6.92 Å². The van der Waals surface area contributed by atoms with Crippen molar-refractivity contribution >= 4 is 35.0 Å². The molecule has 0 saturated heterocycles. The summed E-state index contributed by atoms with van der Waals surface area (Å²) in [6, 6.07) is 6.50. The topological polar surface area (TPSA) is 82.5 Å². The molecule has 1 aromatic carbocycles. The Morgan fingerprint density at radius 1 is 1.43 bits per heavy atom. The standard InChI is InChI=1S/C13H12Cl2N4O2/c1-8-4-5-17-19(8)7-12(20)21-18-13(16)10-3-2-9(14)6-11(10)15/h2-6H,7H2,1H3,(H2,16,18). The van der Waals surface area contributed by atoms with Crippen LogP contribution in [0.25, 0.3) is 0 Å². The fraction of sp³-hybridized carbons (Fsp3) is 0.154. The Balaban J connectivity index is 2.03. The number of hydrogen-bond donors (Lipinski definition) is 1. The molecule has 6 nitrogen and oxygen atoms in total. The molecule has 0 aliphatic heterocycles. The first-order valence-electron chi connectivity index (χ1n) is 5.94. The van der Waals surface area contributed by atoms with Gasteiger partial charge in [0.2, 0.25) is 0 Å². The monoisotopic (exact) mass is 326 g/mol. The van der Waals surface area contributed by atoms with E-state index in [0.717, 1.165) is 5.69 Å². The number of amidine groups is 1. The van der Waals surface area contributed by atoms with Crippen LogP contribution in [0, 0.1) is 6.92 Å². The lowest BCUT2D eigenvalue weighted by molar-refractivity contribution is -0.144. The normalized spacial score (nSPS) is 11.5. The second-order valence-corrected chi connectivity index (χ2v) is 5.04. The van der Waals surface area contributed by atoms with E-state index in [0.29, 0.717) is 15.6 Å². The molecular formula is C13H12Cl2N4O2. The summed E-state index contributed by atoms with van der Waals surface area (Å²) < 4.78 is 1.49. The van der Waals surface area contributed by atoms with Crippen LogP contribution in [-0.4, -0.2) is 21.6 Å². The predicted octanol–water partition coefficient (Wildman–Crippen LogP) is 2.36. The minimum atomic E-state index is -0.588. The summed E-state index contributed by atoms with van der Waals surface area (Å²) in [5, 5.41) is 8.33. The SMILES string of the molecule is Cc1ccnn1CC(=O)O/N=C(\N)c1ccc(Cl)cc1Cl. The van der Waals surface area contributed by atoms with Gasteiger partial charge in [0.05, 0.1) is 5.02 Å². The number of oxime groups is 1. The van der Waals surface area contributed by atoms with Crippen LogP contribution in [0.2, 0.25) is 10.0 Å². The summed E-state index contributed by atoms with van der Waals surface area (Å²) in [6.45, 7) is 1.77. The fourth-order valence-electron chi connectivity index (χ4n) is 1.56. The average Bonchev–Trinajstić information content (AvgIpc) is 2.81. The summed E-state index contributed by atoms with van der Waals surface area (Å²) in [5.41, 5.74) is 6.99. The Hall–Kier alpha value is -2.05. The molecule has 21 heavy (non-hydrogen) atoms. The highest BCUT2D eigenvalue weighted by Gasteiger charge is 2.09. The first-order chi connectivity index (χ1) is 9.97. The highest BCUT2D eigenvalue weighted by Crippen LogP contribution is 2.20. The fourth-order valence-corrected chi connectivity index (χ4v) is 2.07. The van der Waals surface area contributed by atoms with Gasteiger partial charge in [-0.05, 0) is 31.2 Å². The number of carbonyl (C=O) groups excluding carboxylic acids is 1. The van der Waals surface area contributed by atoms with Gasteiger partial charge < -0.3 is 10.6 Å². The van der Waals surface area contributed by atoms with Crippen LogP contribution < -0.4 is 5.73 Å². The zero-order valence-corrected chi connectivity index (χ0v) is 12.6. The molecule has 0 amide bonds. The van der Waals surface area contributed by atoms with Gasteiger partial charge in [-0.25, -0.2) is 4.79 Å². The smallest absolute Gasteiger partial charge is 0.356 e. The summed E-state index contributed by atoms with van der Waals surface area (Å²) in [5.74, 6) is -0.600. The van der Waals surface area contributed by atoms with Crippen molar-refractivity contribution in [3.05, 3.63) is 51.8 Å². The molecule has 0 radical (unpaired) electrons. The van der Waals surface area contributed by atoms with E-state index in [1.54, 1.807) is 24.4 Å². The second kappa shape index (κ2) is 6.60. The lowest BCUT2D eigenvalue weighted by Gasteiger charge is -2.04. The molecule has 8 heteroatoms. The molecule has 0 unspecified atom stereocenters. The Morgan fingerprint density at radius 3 is 2.81 bits per heavy atom. The van der Waals surface area contributed by atoms with Crippen LogP contribution in [0.3, 0.4) is 0 Å². The number of carbonyl (C=O) groups is 1. The molecule has 0 aliphatic carbocycles. The summed E-state index contributed by atoms with van der Waals surface area (Å²) in [6.07, 6.45) is 1.59. The van der Waals surface area contributed by atoms with Crippen molar-refractivity contribution in [1.29, 1.82) is 0 Å². The number of nitrogens with zero attached hydrogens (tertiary/aromatic N) is 3. The van der Waals surface area contributed by atoms with Crippen molar-refractivity contribution in [1.82, 2.24) is 9.78 Å². The largest absolute Gasteiger partial charge is 0.380 e. The maximum atomic E-state index is 11.6. The van der Waals surface area contributed by atoms with Crippen LogP contribution >= 0.6 is 23.2 Å². The van der Waals surface area contributed by atoms with E-state index in [4.69, 9.17) is 33.8 Å². The van der Waals surface area contributed by atoms with Gasteiger partial charge in [0.25, 0.3) is 0 Å². The number of aryl methyl sites for hydroxylation is 1. The number of nitrogens with two attached hydrogens (primary N) is 1. The number of aromatic nitrogens is 2. The van der Waals surface area contributed by atoms with Crippen molar-refractivity contribution in [2.75, 3.05) is 0 Å². The van der Waals surface area contributed by atoms with Crippen molar-refractivity contribution < 1.29 is 9.63 Å². The maximum Gasteiger partial charge on any atom is 0.356 e. The van der Waals surface area contributed by atoms with Gasteiger partial charge in [-0.15, -0.1) is 0 Å². The molecule has 0 fully saturated rings. The summed E-state index contributed by atoms with van der Waals surface area (Å²) in [4.78, 5) is 16.4. The minimum Gasteiger partial charge on any atom is -0.380 e. The lowest BCUT2D eigenvalue weighted by Crippen LogP contribution is -2.18. The molecule has 1 aromatic heterocycles. The van der Waals surface area contributed by atoms with E-state index < -0.39 is 5.97 Å². The molecule has 1 heterocycles. The lowest BCUT2D eigenvalue weighted by atomic mass is 10.2. The van der Waals surface area contributed by atoms with Crippen molar-refractivity contribution in [3.8, 4) is 0 Å². The van der Waals surface area contributed by atoms with Crippen molar-refractivity contribution in [3.63, 3.8) is 0 Å². The van der Waals surface area contributed by atoms with Crippen LogP contribution in [0.15, 0.2) is 35.6 Å². The molecule has 0 saturated carbocycles. The maximum absolute atomic E-state index is 11.6. The molecule has 0 spiro atoms. The van der Waals surface area contributed by atoms with Crippen LogP contribution in [0.4, 0.5) is 0 Å². The van der Waals surface area contributed by atoms with Gasteiger partial charge in [0.15, 0.2) is 5.84 Å². The van der Waals surface area contributed by atoms with Gasteiger partial charge in [0.1, 0.15) is 6.54 Å². The number of halogens is 2. The molecule has 2 aromatic rings. The molecular weight excluding hydrogens is 315 g/mol. The van der Waals surface area contributed by atoms with Crippen LogP contribution in [0.5, 0.6) is 0 Å². The van der Waals surface area contributed by atoms with E-state index in [2.05, 4.69) is 10.3 Å². The third-order valence-corrected chi connectivity index (χ3v) is 3.21. The minimum absolute atomic E-state index is 0.0118. The van der Waals surface area contributed by atoms with Crippen LogP contribution in [-0.2, 0) is 16.2 Å². The summed E-state index contributed by atoms with van der Waals surface area (Å²) in [7, 11) is 0. The van der Waals surface area contributed by atoms with Gasteiger partial charge in [0, 0.05) is 22.5 Å². The average molecular weight is 327 g/mol. The number of hydrogen-bond acceptors (Lipinski definition) is 4. The summed E-state index contributed by atoms with van der Waals surface area (Å²) >= 11 is 11.8.